The monoisotopic (exact) mass is 231 g/mol. The molecule has 3 nitrogen and oxygen atoms in total. The van der Waals surface area contributed by atoms with Gasteiger partial charge in [-0.1, -0.05) is 12.1 Å². The average molecular weight is 231 g/mol. The minimum Gasteiger partial charge on any atom is -0.481 e. The second-order valence-electron chi connectivity index (χ2n) is 5.18. The fourth-order valence-electron chi connectivity index (χ4n) is 3.24. The minimum atomic E-state index is -0.627. The molecule has 2 aliphatic heterocycles. The highest BCUT2D eigenvalue weighted by molar-refractivity contribution is 5.71. The van der Waals surface area contributed by atoms with E-state index in [4.69, 9.17) is 5.11 Å². The molecule has 0 aromatic heterocycles. The van der Waals surface area contributed by atoms with Crippen molar-refractivity contribution < 1.29 is 9.90 Å². The Labute approximate surface area is 101 Å². The largest absolute Gasteiger partial charge is 0.481 e. The minimum absolute atomic E-state index is 0.147. The van der Waals surface area contributed by atoms with E-state index in [1.54, 1.807) is 0 Å². The molecule has 2 heterocycles. The zero-order valence-corrected chi connectivity index (χ0v) is 10.0. The highest BCUT2D eigenvalue weighted by Gasteiger charge is 2.37. The van der Waals surface area contributed by atoms with Crippen LogP contribution in [0.5, 0.6) is 0 Å². The van der Waals surface area contributed by atoms with Gasteiger partial charge in [-0.05, 0) is 43.4 Å². The number of nitrogens with zero attached hydrogens (tertiary/aromatic N) is 1. The van der Waals surface area contributed by atoms with Crippen LogP contribution in [0.2, 0.25) is 0 Å². The van der Waals surface area contributed by atoms with Crippen molar-refractivity contribution in [2.75, 3.05) is 11.4 Å². The number of aliphatic carboxylic acids is 1. The number of hydrogen-bond donors (Lipinski definition) is 1. The second-order valence-corrected chi connectivity index (χ2v) is 5.18. The Morgan fingerprint density at radius 1 is 1.47 bits per heavy atom. The van der Waals surface area contributed by atoms with Crippen LogP contribution in [0, 0.1) is 12.8 Å². The number of hydrogen-bond acceptors (Lipinski definition) is 2. The standard InChI is InChI=1S/C14H17NO2/c1-9-3-2-4-13-12(9)8-11-7-10(14(16)17)5-6-15(11)13/h2-4,10-11H,5-8H2,1H3,(H,16,17). The first kappa shape index (κ1) is 10.6. The number of piperidine rings is 1. The summed E-state index contributed by atoms with van der Waals surface area (Å²) < 4.78 is 0. The van der Waals surface area contributed by atoms with Gasteiger partial charge in [-0.15, -0.1) is 0 Å². The molecule has 1 N–H and O–H groups in total. The van der Waals surface area contributed by atoms with E-state index in [0.29, 0.717) is 6.04 Å². The summed E-state index contributed by atoms with van der Waals surface area (Å²) in [6.07, 6.45) is 2.59. The third kappa shape index (κ3) is 1.61. The lowest BCUT2D eigenvalue weighted by atomic mass is 9.90. The van der Waals surface area contributed by atoms with E-state index in [0.717, 1.165) is 25.8 Å². The van der Waals surface area contributed by atoms with Crippen LogP contribution in [0.3, 0.4) is 0 Å². The van der Waals surface area contributed by atoms with Crippen LogP contribution in [-0.2, 0) is 11.2 Å². The molecule has 0 aliphatic carbocycles. The van der Waals surface area contributed by atoms with Crippen molar-refractivity contribution in [1.29, 1.82) is 0 Å². The van der Waals surface area contributed by atoms with Gasteiger partial charge in [-0.2, -0.15) is 0 Å². The number of rotatable bonds is 1. The highest BCUT2D eigenvalue weighted by Crippen LogP contribution is 2.39. The van der Waals surface area contributed by atoms with Gasteiger partial charge >= 0.3 is 5.97 Å². The molecule has 1 saturated heterocycles. The Morgan fingerprint density at radius 2 is 2.29 bits per heavy atom. The summed E-state index contributed by atoms with van der Waals surface area (Å²) in [6.45, 7) is 3.03. The van der Waals surface area contributed by atoms with E-state index in [2.05, 4.69) is 30.0 Å². The zero-order chi connectivity index (χ0) is 12.0. The van der Waals surface area contributed by atoms with Crippen LogP contribution in [0.25, 0.3) is 0 Å². The van der Waals surface area contributed by atoms with Crippen molar-refractivity contribution in [1.82, 2.24) is 0 Å². The molecular formula is C14H17NO2. The van der Waals surface area contributed by atoms with Crippen molar-refractivity contribution in [2.24, 2.45) is 5.92 Å². The number of anilines is 1. The van der Waals surface area contributed by atoms with Crippen LogP contribution < -0.4 is 4.90 Å². The summed E-state index contributed by atoms with van der Waals surface area (Å²) in [5.41, 5.74) is 4.09. The van der Waals surface area contributed by atoms with Crippen LogP contribution >= 0.6 is 0 Å². The van der Waals surface area contributed by atoms with Gasteiger partial charge in [0.15, 0.2) is 0 Å². The number of carboxylic acids is 1. The Hall–Kier alpha value is -1.51. The van der Waals surface area contributed by atoms with E-state index in [9.17, 15) is 4.79 Å². The molecule has 1 fully saturated rings. The lowest BCUT2D eigenvalue weighted by Crippen LogP contribution is -2.42. The molecule has 3 rings (SSSR count). The molecule has 2 atom stereocenters. The fraction of sp³-hybridized carbons (Fsp3) is 0.500. The number of aryl methyl sites for hydroxylation is 1. The zero-order valence-electron chi connectivity index (χ0n) is 10.0. The lowest BCUT2D eigenvalue weighted by Gasteiger charge is -2.35. The third-order valence-corrected chi connectivity index (χ3v) is 4.20. The first-order chi connectivity index (χ1) is 8.16. The number of carbonyl (C=O) groups is 1. The molecule has 0 saturated carbocycles. The van der Waals surface area contributed by atoms with Crippen molar-refractivity contribution >= 4 is 11.7 Å². The maximum Gasteiger partial charge on any atom is 0.306 e. The van der Waals surface area contributed by atoms with Gasteiger partial charge in [0, 0.05) is 18.3 Å². The van der Waals surface area contributed by atoms with Crippen molar-refractivity contribution in [3.63, 3.8) is 0 Å². The smallest absolute Gasteiger partial charge is 0.306 e. The van der Waals surface area contributed by atoms with E-state index in [1.807, 2.05) is 0 Å². The lowest BCUT2D eigenvalue weighted by molar-refractivity contribution is -0.142. The van der Waals surface area contributed by atoms with Crippen molar-refractivity contribution in [2.45, 2.75) is 32.2 Å². The maximum atomic E-state index is 11.1. The van der Waals surface area contributed by atoms with Gasteiger partial charge < -0.3 is 10.0 Å². The topological polar surface area (TPSA) is 40.5 Å². The quantitative estimate of drug-likeness (QED) is 0.805. The normalized spacial score (nSPS) is 26.5. The molecule has 0 radical (unpaired) electrons. The maximum absolute atomic E-state index is 11.1. The van der Waals surface area contributed by atoms with E-state index >= 15 is 0 Å². The molecule has 0 bridgehead atoms. The van der Waals surface area contributed by atoms with Gasteiger partial charge in [-0.3, -0.25) is 4.79 Å². The van der Waals surface area contributed by atoms with Crippen LogP contribution in [0.15, 0.2) is 18.2 Å². The third-order valence-electron chi connectivity index (χ3n) is 4.20. The molecule has 3 heteroatoms. The molecule has 2 aliphatic rings. The van der Waals surface area contributed by atoms with Crippen molar-refractivity contribution in [3.8, 4) is 0 Å². The molecule has 0 amide bonds. The van der Waals surface area contributed by atoms with E-state index in [-0.39, 0.29) is 5.92 Å². The molecule has 17 heavy (non-hydrogen) atoms. The second kappa shape index (κ2) is 3.76. The molecule has 2 unspecified atom stereocenters. The highest BCUT2D eigenvalue weighted by atomic mass is 16.4. The van der Waals surface area contributed by atoms with Crippen molar-refractivity contribution in [3.05, 3.63) is 29.3 Å². The SMILES string of the molecule is Cc1cccc2c1CC1CC(C(=O)O)CCN21. The summed E-state index contributed by atoms with van der Waals surface area (Å²) in [5, 5.41) is 9.11. The van der Waals surface area contributed by atoms with Gasteiger partial charge in [0.1, 0.15) is 0 Å². The number of fused-ring (bicyclic) bond motifs is 3. The summed E-state index contributed by atoms with van der Waals surface area (Å²) in [6, 6.07) is 6.82. The van der Waals surface area contributed by atoms with Gasteiger partial charge in [0.25, 0.3) is 0 Å². The Balaban J connectivity index is 1.89. The number of carboxylic acid groups (broad SMARTS) is 1. The summed E-state index contributed by atoms with van der Waals surface area (Å²) in [5.74, 6) is -0.775. The summed E-state index contributed by atoms with van der Waals surface area (Å²) in [7, 11) is 0. The Morgan fingerprint density at radius 3 is 3.06 bits per heavy atom. The molecular weight excluding hydrogens is 214 g/mol. The van der Waals surface area contributed by atoms with E-state index in [1.165, 1.54) is 16.8 Å². The molecule has 1 aromatic carbocycles. The molecule has 90 valence electrons. The van der Waals surface area contributed by atoms with Crippen LogP contribution in [-0.4, -0.2) is 23.7 Å². The Kier molecular flexibility index (Phi) is 2.35. The van der Waals surface area contributed by atoms with Crippen LogP contribution in [0.1, 0.15) is 24.0 Å². The molecule has 0 spiro atoms. The fourth-order valence-corrected chi connectivity index (χ4v) is 3.24. The first-order valence-electron chi connectivity index (χ1n) is 6.25. The van der Waals surface area contributed by atoms with Gasteiger partial charge in [0.2, 0.25) is 0 Å². The first-order valence-corrected chi connectivity index (χ1v) is 6.25. The summed E-state index contributed by atoms with van der Waals surface area (Å²) >= 11 is 0. The number of benzene rings is 1. The van der Waals surface area contributed by atoms with E-state index < -0.39 is 5.97 Å². The average Bonchev–Trinajstić information content (AvgIpc) is 2.68. The predicted molar refractivity (Wildman–Crippen MR) is 66.4 cm³/mol. The van der Waals surface area contributed by atoms with Gasteiger partial charge in [-0.25, -0.2) is 0 Å². The van der Waals surface area contributed by atoms with Gasteiger partial charge in [0.05, 0.1) is 5.92 Å². The molecule has 1 aromatic rings. The van der Waals surface area contributed by atoms with Crippen LogP contribution in [0.4, 0.5) is 5.69 Å². The Bertz CT molecular complexity index is 469. The summed E-state index contributed by atoms with van der Waals surface area (Å²) in [4.78, 5) is 13.5. The predicted octanol–water partition coefficient (Wildman–Crippen LogP) is 2.22.